The van der Waals surface area contributed by atoms with Crippen molar-refractivity contribution < 1.29 is 22.7 Å². The first-order valence-electron chi connectivity index (χ1n) is 8.21. The summed E-state index contributed by atoms with van der Waals surface area (Å²) in [4.78, 5) is 11.4. The number of sulfonamides is 1. The molecule has 0 saturated heterocycles. The summed E-state index contributed by atoms with van der Waals surface area (Å²) in [5, 5.41) is 0. The van der Waals surface area contributed by atoms with Gasteiger partial charge in [0.1, 0.15) is 5.75 Å². The number of rotatable bonds is 9. The van der Waals surface area contributed by atoms with Gasteiger partial charge in [0.15, 0.2) is 0 Å². The van der Waals surface area contributed by atoms with E-state index >= 15 is 0 Å². The van der Waals surface area contributed by atoms with Crippen LogP contribution in [0.1, 0.15) is 27.9 Å². The lowest BCUT2D eigenvalue weighted by molar-refractivity contribution is 0.0600. The highest BCUT2D eigenvalue weighted by atomic mass is 32.2. The number of para-hydroxylation sites is 1. The van der Waals surface area contributed by atoms with Crippen molar-refractivity contribution in [1.82, 2.24) is 4.72 Å². The first-order valence-corrected chi connectivity index (χ1v) is 9.87. The summed E-state index contributed by atoms with van der Waals surface area (Å²) in [6.07, 6.45) is 1.39. The smallest absolute Gasteiger partial charge is 0.337 e. The molecular weight excluding hydrogens is 354 g/mol. The summed E-state index contributed by atoms with van der Waals surface area (Å²) in [6.45, 7) is 0.348. The topological polar surface area (TPSA) is 81.7 Å². The van der Waals surface area contributed by atoms with E-state index in [2.05, 4.69) is 9.46 Å². The van der Waals surface area contributed by atoms with Gasteiger partial charge in [-0.2, -0.15) is 0 Å². The lowest BCUT2D eigenvalue weighted by Crippen LogP contribution is -2.26. The maximum atomic E-state index is 12.2. The van der Waals surface area contributed by atoms with E-state index in [1.165, 1.54) is 7.11 Å². The number of ether oxygens (including phenoxy) is 2. The lowest BCUT2D eigenvalue weighted by atomic mass is 10.1. The van der Waals surface area contributed by atoms with Gasteiger partial charge in [0.05, 0.1) is 25.5 Å². The van der Waals surface area contributed by atoms with E-state index in [0.29, 0.717) is 24.1 Å². The fourth-order valence-electron chi connectivity index (χ4n) is 2.54. The van der Waals surface area contributed by atoms with Gasteiger partial charge in [-0.25, -0.2) is 17.9 Å². The molecule has 0 aliphatic rings. The SMILES string of the molecule is COC(=O)c1ccc(CS(=O)(=O)NCCCc2ccccc2OC)cc1. The molecule has 2 rings (SSSR count). The molecule has 0 atom stereocenters. The zero-order valence-electron chi connectivity index (χ0n) is 14.9. The minimum absolute atomic E-state index is 0.136. The van der Waals surface area contributed by atoms with Gasteiger partial charge in [0.2, 0.25) is 10.0 Å². The third-order valence-electron chi connectivity index (χ3n) is 3.87. The van der Waals surface area contributed by atoms with E-state index in [1.807, 2.05) is 24.3 Å². The van der Waals surface area contributed by atoms with E-state index in [-0.39, 0.29) is 5.75 Å². The Morgan fingerprint density at radius 2 is 1.73 bits per heavy atom. The monoisotopic (exact) mass is 377 g/mol. The molecule has 7 heteroatoms. The summed E-state index contributed by atoms with van der Waals surface area (Å²) in [5.74, 6) is 0.221. The number of carbonyl (C=O) groups is 1. The van der Waals surface area contributed by atoms with Crippen molar-refractivity contribution in [1.29, 1.82) is 0 Å². The number of hydrogen-bond acceptors (Lipinski definition) is 5. The number of methoxy groups -OCH3 is 2. The molecule has 140 valence electrons. The maximum absolute atomic E-state index is 12.2. The number of hydrogen-bond donors (Lipinski definition) is 1. The van der Waals surface area contributed by atoms with Crippen LogP contribution in [0.4, 0.5) is 0 Å². The Labute approximate surface area is 154 Å². The van der Waals surface area contributed by atoms with Crippen LogP contribution in [0.5, 0.6) is 5.75 Å². The Hall–Kier alpha value is -2.38. The molecule has 0 heterocycles. The van der Waals surface area contributed by atoms with Gasteiger partial charge < -0.3 is 9.47 Å². The second kappa shape index (κ2) is 9.35. The fourth-order valence-corrected chi connectivity index (χ4v) is 3.73. The summed E-state index contributed by atoms with van der Waals surface area (Å²) >= 11 is 0. The van der Waals surface area contributed by atoms with Crippen molar-refractivity contribution in [3.05, 3.63) is 65.2 Å². The highest BCUT2D eigenvalue weighted by Crippen LogP contribution is 2.18. The minimum atomic E-state index is -3.44. The average Bonchev–Trinajstić information content (AvgIpc) is 2.65. The summed E-state index contributed by atoms with van der Waals surface area (Å²) in [5.41, 5.74) is 2.04. The van der Waals surface area contributed by atoms with Crippen LogP contribution in [0.2, 0.25) is 0 Å². The third kappa shape index (κ3) is 5.86. The van der Waals surface area contributed by atoms with Gasteiger partial charge >= 0.3 is 5.97 Å². The van der Waals surface area contributed by atoms with E-state index in [9.17, 15) is 13.2 Å². The van der Waals surface area contributed by atoms with Gasteiger partial charge in [0, 0.05) is 6.54 Å². The molecule has 0 saturated carbocycles. The third-order valence-corrected chi connectivity index (χ3v) is 5.23. The quantitative estimate of drug-likeness (QED) is 0.536. The first-order chi connectivity index (χ1) is 12.4. The number of nitrogens with one attached hydrogen (secondary N) is 1. The van der Waals surface area contributed by atoms with Gasteiger partial charge in [-0.15, -0.1) is 0 Å². The summed E-state index contributed by atoms with van der Waals surface area (Å²) in [6, 6.07) is 14.0. The van der Waals surface area contributed by atoms with Crippen molar-refractivity contribution in [2.75, 3.05) is 20.8 Å². The van der Waals surface area contributed by atoms with Crippen molar-refractivity contribution in [2.45, 2.75) is 18.6 Å². The first kappa shape index (κ1) is 19.9. The van der Waals surface area contributed by atoms with E-state index in [4.69, 9.17) is 4.74 Å². The van der Waals surface area contributed by atoms with E-state index in [1.54, 1.807) is 31.4 Å². The van der Waals surface area contributed by atoms with Gasteiger partial charge in [-0.3, -0.25) is 0 Å². The molecule has 0 spiro atoms. The molecule has 0 aliphatic heterocycles. The van der Waals surface area contributed by atoms with Crippen LogP contribution in [-0.4, -0.2) is 35.2 Å². The normalized spacial score (nSPS) is 11.2. The van der Waals surface area contributed by atoms with E-state index < -0.39 is 16.0 Å². The molecule has 2 aromatic carbocycles. The summed E-state index contributed by atoms with van der Waals surface area (Å²) < 4.78 is 36.9. The summed E-state index contributed by atoms with van der Waals surface area (Å²) in [7, 11) is -0.522. The van der Waals surface area contributed by atoms with Crippen LogP contribution >= 0.6 is 0 Å². The number of aryl methyl sites for hydroxylation is 1. The molecule has 0 aliphatic carbocycles. The molecule has 6 nitrogen and oxygen atoms in total. The molecule has 0 radical (unpaired) electrons. The predicted octanol–water partition coefficient (Wildman–Crippen LogP) is 2.53. The Kier molecular flexibility index (Phi) is 7.17. The molecule has 0 aromatic heterocycles. The Bertz CT molecular complexity index is 831. The highest BCUT2D eigenvalue weighted by Gasteiger charge is 2.12. The average molecular weight is 377 g/mol. The lowest BCUT2D eigenvalue weighted by Gasteiger charge is -2.09. The second-order valence-electron chi connectivity index (χ2n) is 5.76. The van der Waals surface area contributed by atoms with Crippen molar-refractivity contribution >= 4 is 16.0 Å². The fraction of sp³-hybridized carbons (Fsp3) is 0.316. The van der Waals surface area contributed by atoms with E-state index in [0.717, 1.165) is 17.7 Å². The van der Waals surface area contributed by atoms with Crippen LogP contribution in [0, 0.1) is 0 Å². The van der Waals surface area contributed by atoms with Crippen LogP contribution in [0.3, 0.4) is 0 Å². The number of benzene rings is 2. The Balaban J connectivity index is 1.84. The van der Waals surface area contributed by atoms with Crippen LogP contribution in [0.15, 0.2) is 48.5 Å². The molecule has 1 N–H and O–H groups in total. The molecule has 2 aromatic rings. The predicted molar refractivity (Wildman–Crippen MR) is 99.7 cm³/mol. The highest BCUT2D eigenvalue weighted by molar-refractivity contribution is 7.88. The van der Waals surface area contributed by atoms with Crippen LogP contribution in [-0.2, 0) is 26.9 Å². The standard InChI is InChI=1S/C19H23NO5S/c1-24-18-8-4-3-6-16(18)7-5-13-20-26(22,23)14-15-9-11-17(12-10-15)19(21)25-2/h3-4,6,8-12,20H,5,7,13-14H2,1-2H3. The van der Waals surface area contributed by atoms with Crippen LogP contribution < -0.4 is 9.46 Å². The second-order valence-corrected chi connectivity index (χ2v) is 7.56. The minimum Gasteiger partial charge on any atom is -0.496 e. The molecule has 0 fully saturated rings. The van der Waals surface area contributed by atoms with Crippen molar-refractivity contribution in [3.8, 4) is 5.75 Å². The zero-order chi connectivity index (χ0) is 19.0. The van der Waals surface area contributed by atoms with Gasteiger partial charge in [0.25, 0.3) is 0 Å². The molecular formula is C19H23NO5S. The van der Waals surface area contributed by atoms with Crippen molar-refractivity contribution in [2.24, 2.45) is 0 Å². The molecule has 0 amide bonds. The van der Waals surface area contributed by atoms with Gasteiger partial charge in [-0.05, 0) is 42.2 Å². The number of esters is 1. The Morgan fingerprint density at radius 3 is 2.38 bits per heavy atom. The number of carbonyl (C=O) groups excluding carboxylic acids is 1. The zero-order valence-corrected chi connectivity index (χ0v) is 15.7. The van der Waals surface area contributed by atoms with Crippen molar-refractivity contribution in [3.63, 3.8) is 0 Å². The molecule has 0 unspecified atom stereocenters. The van der Waals surface area contributed by atoms with Gasteiger partial charge in [-0.1, -0.05) is 30.3 Å². The maximum Gasteiger partial charge on any atom is 0.337 e. The largest absolute Gasteiger partial charge is 0.496 e. The van der Waals surface area contributed by atoms with Crippen LogP contribution in [0.25, 0.3) is 0 Å². The molecule has 0 bridgehead atoms. The Morgan fingerprint density at radius 1 is 1.04 bits per heavy atom. The molecule has 26 heavy (non-hydrogen) atoms.